The smallest absolute Gasteiger partial charge is 0.330 e. The molecule has 21 heavy (non-hydrogen) atoms. The van der Waals surface area contributed by atoms with Crippen molar-refractivity contribution in [3.63, 3.8) is 0 Å². The zero-order valence-corrected chi connectivity index (χ0v) is 10.4. The van der Waals surface area contributed by atoms with Gasteiger partial charge in [0.2, 0.25) is 5.91 Å². The number of rotatable bonds is 1. The van der Waals surface area contributed by atoms with Crippen LogP contribution < -0.4 is 11.1 Å². The summed E-state index contributed by atoms with van der Waals surface area (Å²) in [6, 6.07) is 0.569. The number of benzene rings is 1. The molecule has 9 heteroatoms. The third-order valence-electron chi connectivity index (χ3n) is 3.25. The Morgan fingerprint density at radius 1 is 1.14 bits per heavy atom. The highest BCUT2D eigenvalue weighted by Crippen LogP contribution is 2.42. The Morgan fingerprint density at radius 2 is 1.76 bits per heavy atom. The standard InChI is InChI=1S/C12H10F6N2O/c13-11(14,15)6-2-8(12(16,17)18)7-1-5(4-19)10(21)20-9(7)3-6/h2-3,5H,1,4,19H2,(H,20,21)/t5-/m0/s1. The second kappa shape index (κ2) is 4.90. The molecule has 1 heterocycles. The molecule has 1 aliphatic heterocycles. The van der Waals surface area contributed by atoms with Crippen molar-refractivity contribution in [3.05, 3.63) is 28.8 Å². The van der Waals surface area contributed by atoms with Crippen molar-refractivity contribution in [1.29, 1.82) is 0 Å². The molecule has 0 bridgehead atoms. The Bertz CT molecular complexity index is 578. The Morgan fingerprint density at radius 3 is 2.24 bits per heavy atom. The van der Waals surface area contributed by atoms with Gasteiger partial charge in [-0.25, -0.2) is 0 Å². The lowest BCUT2D eigenvalue weighted by Crippen LogP contribution is -2.36. The van der Waals surface area contributed by atoms with Crippen molar-refractivity contribution < 1.29 is 31.1 Å². The number of amides is 1. The van der Waals surface area contributed by atoms with Crippen LogP contribution in [-0.2, 0) is 23.6 Å². The fraction of sp³-hybridized carbons (Fsp3) is 0.417. The van der Waals surface area contributed by atoms with E-state index in [9.17, 15) is 31.1 Å². The number of hydrogen-bond donors (Lipinski definition) is 2. The van der Waals surface area contributed by atoms with Gasteiger partial charge in [0.05, 0.1) is 17.0 Å². The highest BCUT2D eigenvalue weighted by atomic mass is 19.4. The summed E-state index contributed by atoms with van der Waals surface area (Å²) in [5.74, 6) is -1.58. The van der Waals surface area contributed by atoms with Crippen molar-refractivity contribution in [1.82, 2.24) is 0 Å². The Hall–Kier alpha value is -1.77. The van der Waals surface area contributed by atoms with Crippen molar-refractivity contribution in [3.8, 4) is 0 Å². The summed E-state index contributed by atoms with van der Waals surface area (Å²) in [7, 11) is 0. The number of carbonyl (C=O) groups excluding carboxylic acids is 1. The van der Waals surface area contributed by atoms with E-state index >= 15 is 0 Å². The minimum atomic E-state index is -4.95. The second-order valence-corrected chi connectivity index (χ2v) is 4.67. The van der Waals surface area contributed by atoms with E-state index in [0.717, 1.165) is 0 Å². The highest BCUT2D eigenvalue weighted by molar-refractivity contribution is 5.96. The summed E-state index contributed by atoms with van der Waals surface area (Å²) in [4.78, 5) is 11.6. The molecule has 1 aliphatic rings. The average molecular weight is 312 g/mol. The van der Waals surface area contributed by atoms with E-state index < -0.39 is 41.0 Å². The van der Waals surface area contributed by atoms with Gasteiger partial charge in [-0.1, -0.05) is 0 Å². The van der Waals surface area contributed by atoms with Crippen LogP contribution in [-0.4, -0.2) is 12.5 Å². The third kappa shape index (κ3) is 2.97. The fourth-order valence-electron chi connectivity index (χ4n) is 2.18. The number of hydrogen-bond acceptors (Lipinski definition) is 2. The van der Waals surface area contributed by atoms with Crippen molar-refractivity contribution >= 4 is 11.6 Å². The summed E-state index contributed by atoms with van der Waals surface area (Å²) in [6.07, 6.45) is -10.2. The number of alkyl halides is 6. The molecule has 0 fully saturated rings. The van der Waals surface area contributed by atoms with Gasteiger partial charge in [-0.05, 0) is 24.1 Å². The van der Waals surface area contributed by atoms with Gasteiger partial charge in [-0.3, -0.25) is 4.79 Å². The van der Waals surface area contributed by atoms with Gasteiger partial charge in [0.15, 0.2) is 0 Å². The van der Waals surface area contributed by atoms with Crippen LogP contribution >= 0.6 is 0 Å². The lowest BCUT2D eigenvalue weighted by atomic mass is 9.88. The lowest BCUT2D eigenvalue weighted by Gasteiger charge is -2.27. The first kappa shape index (κ1) is 15.6. The minimum Gasteiger partial charge on any atom is -0.330 e. The number of nitrogens with two attached hydrogens (primary N) is 1. The number of halogens is 6. The highest BCUT2D eigenvalue weighted by Gasteiger charge is 2.41. The molecule has 0 aliphatic carbocycles. The monoisotopic (exact) mass is 312 g/mol. The maximum absolute atomic E-state index is 13.0. The van der Waals surface area contributed by atoms with E-state index in [4.69, 9.17) is 5.73 Å². The van der Waals surface area contributed by atoms with Crippen LogP contribution in [0.2, 0.25) is 0 Å². The maximum Gasteiger partial charge on any atom is 0.416 e. The van der Waals surface area contributed by atoms with Crippen LogP contribution in [0.1, 0.15) is 16.7 Å². The van der Waals surface area contributed by atoms with E-state index in [1.54, 1.807) is 0 Å². The van der Waals surface area contributed by atoms with Crippen LogP contribution in [0.25, 0.3) is 0 Å². The molecule has 0 saturated carbocycles. The Kier molecular flexibility index (Phi) is 3.64. The SMILES string of the molecule is NC[C@@H]1Cc2c(cc(C(F)(F)F)cc2C(F)(F)F)NC1=O. The molecule has 1 aromatic carbocycles. The van der Waals surface area contributed by atoms with E-state index in [1.807, 2.05) is 0 Å². The largest absolute Gasteiger partial charge is 0.416 e. The van der Waals surface area contributed by atoms with Gasteiger partial charge in [-0.15, -0.1) is 0 Å². The van der Waals surface area contributed by atoms with E-state index in [2.05, 4.69) is 5.32 Å². The number of anilines is 1. The summed E-state index contributed by atoms with van der Waals surface area (Å²) < 4.78 is 76.9. The Balaban J connectivity index is 2.64. The first-order chi connectivity index (χ1) is 9.54. The lowest BCUT2D eigenvalue weighted by molar-refractivity contribution is -0.143. The van der Waals surface area contributed by atoms with Crippen LogP contribution in [0.15, 0.2) is 12.1 Å². The predicted octanol–water partition coefficient (Wildman–Crippen LogP) is 2.79. The molecule has 0 saturated heterocycles. The average Bonchev–Trinajstić information content (AvgIpc) is 2.34. The van der Waals surface area contributed by atoms with Crippen LogP contribution in [0.4, 0.5) is 32.0 Å². The van der Waals surface area contributed by atoms with E-state index in [0.29, 0.717) is 6.07 Å². The summed E-state index contributed by atoms with van der Waals surface area (Å²) >= 11 is 0. The molecule has 1 atom stereocenters. The van der Waals surface area contributed by atoms with E-state index in [-0.39, 0.29) is 24.6 Å². The van der Waals surface area contributed by atoms with Gasteiger partial charge in [-0.2, -0.15) is 26.3 Å². The molecule has 0 spiro atoms. The molecule has 0 aromatic heterocycles. The summed E-state index contributed by atoms with van der Waals surface area (Å²) in [6.45, 7) is -0.191. The first-order valence-electron chi connectivity index (χ1n) is 5.86. The first-order valence-corrected chi connectivity index (χ1v) is 5.86. The second-order valence-electron chi connectivity index (χ2n) is 4.67. The summed E-state index contributed by atoms with van der Waals surface area (Å²) in [5, 5.41) is 2.07. The van der Waals surface area contributed by atoms with Crippen molar-refractivity contribution in [2.45, 2.75) is 18.8 Å². The number of nitrogens with one attached hydrogen (secondary N) is 1. The Labute approximate surface area is 115 Å². The van der Waals surface area contributed by atoms with E-state index in [1.165, 1.54) is 0 Å². The molecule has 3 nitrogen and oxygen atoms in total. The zero-order valence-electron chi connectivity index (χ0n) is 10.4. The van der Waals surface area contributed by atoms with Crippen molar-refractivity contribution in [2.75, 3.05) is 11.9 Å². The molecule has 1 amide bonds. The molecule has 3 N–H and O–H groups in total. The van der Waals surface area contributed by atoms with Gasteiger partial charge in [0.25, 0.3) is 0 Å². The third-order valence-corrected chi connectivity index (χ3v) is 3.25. The van der Waals surface area contributed by atoms with Gasteiger partial charge >= 0.3 is 12.4 Å². The maximum atomic E-state index is 13.0. The number of carbonyl (C=O) groups is 1. The molecule has 2 rings (SSSR count). The van der Waals surface area contributed by atoms with Gasteiger partial charge in [0, 0.05) is 12.2 Å². The van der Waals surface area contributed by atoms with Gasteiger partial charge < -0.3 is 11.1 Å². The van der Waals surface area contributed by atoms with Crippen molar-refractivity contribution in [2.24, 2.45) is 11.7 Å². The van der Waals surface area contributed by atoms with Crippen LogP contribution in [0.5, 0.6) is 0 Å². The normalized spacial score (nSPS) is 19.2. The molecule has 1 aromatic rings. The zero-order chi connectivity index (χ0) is 16.0. The topological polar surface area (TPSA) is 55.1 Å². The van der Waals surface area contributed by atoms with Gasteiger partial charge in [0.1, 0.15) is 0 Å². The molecule has 0 unspecified atom stereocenters. The number of fused-ring (bicyclic) bond motifs is 1. The van der Waals surface area contributed by atoms with Crippen LogP contribution in [0.3, 0.4) is 0 Å². The summed E-state index contributed by atoms with van der Waals surface area (Å²) in [5.41, 5.74) is 1.60. The molecular weight excluding hydrogens is 302 g/mol. The molecular formula is C12H10F6N2O. The minimum absolute atomic E-state index is 0.0594. The predicted molar refractivity (Wildman–Crippen MR) is 61.3 cm³/mol. The quantitative estimate of drug-likeness (QED) is 0.784. The molecule has 0 radical (unpaired) electrons. The molecule has 116 valence electrons. The van der Waals surface area contributed by atoms with Crippen LogP contribution in [0, 0.1) is 5.92 Å². The fourth-order valence-corrected chi connectivity index (χ4v) is 2.18.